The molecule has 1 heteroatoms. The zero-order valence-corrected chi connectivity index (χ0v) is 10.3. The molecular weight excluding hydrogens is 164 g/mol. The third-order valence-electron chi connectivity index (χ3n) is 1.76. The van der Waals surface area contributed by atoms with Crippen LogP contribution in [0.2, 0.25) is 0 Å². The molecule has 0 amide bonds. The van der Waals surface area contributed by atoms with Crippen LogP contribution in [0.1, 0.15) is 60.8 Å². The molecule has 12 heavy (non-hydrogen) atoms. The van der Waals surface area contributed by atoms with Crippen molar-refractivity contribution in [2.45, 2.75) is 60.8 Å². The summed E-state index contributed by atoms with van der Waals surface area (Å²) >= 11 is 4.93. The van der Waals surface area contributed by atoms with Gasteiger partial charge in [0.2, 0.25) is 0 Å². The number of rotatable bonds is 2. The fraction of sp³-hybridized carbons (Fsp3) is 0.909. The zero-order chi connectivity index (χ0) is 10.2. The average molecular weight is 188 g/mol. The van der Waals surface area contributed by atoms with Gasteiger partial charge in [-0.1, -0.05) is 66.1 Å². The molecule has 0 saturated carbocycles. The fourth-order valence-corrected chi connectivity index (χ4v) is 0.354. The molecule has 74 valence electrons. The Balaban J connectivity index is 0. The topological polar surface area (TPSA) is 0 Å². The van der Waals surface area contributed by atoms with Crippen LogP contribution in [0.4, 0.5) is 0 Å². The lowest BCUT2D eigenvalue weighted by atomic mass is 9.93. The molecule has 0 aromatic rings. The van der Waals surface area contributed by atoms with E-state index in [-0.39, 0.29) is 5.41 Å². The van der Waals surface area contributed by atoms with Crippen molar-refractivity contribution in [2.75, 3.05) is 0 Å². The summed E-state index contributed by atoms with van der Waals surface area (Å²) in [6.45, 7) is 12.8. The van der Waals surface area contributed by atoms with Gasteiger partial charge in [-0.05, 0) is 17.2 Å². The lowest BCUT2D eigenvalue weighted by Crippen LogP contribution is -2.13. The van der Waals surface area contributed by atoms with E-state index in [2.05, 4.69) is 34.6 Å². The molecule has 0 spiro atoms. The molecule has 0 rings (SSSR count). The third kappa shape index (κ3) is 12.7. The predicted octanol–water partition coefficient (Wildman–Crippen LogP) is 4.62. The first-order valence-electron chi connectivity index (χ1n) is 4.87. The maximum absolute atomic E-state index is 4.93. The summed E-state index contributed by atoms with van der Waals surface area (Å²) in [6.07, 6.45) is 4.08. The number of unbranched alkanes of at least 4 members (excludes halogenated alkanes) is 2. The van der Waals surface area contributed by atoms with Crippen LogP contribution < -0.4 is 0 Å². The second-order valence-electron chi connectivity index (χ2n) is 4.16. The van der Waals surface area contributed by atoms with Crippen LogP contribution in [0, 0.1) is 5.41 Å². The fourth-order valence-electron chi connectivity index (χ4n) is 0.354. The molecular formula is C11H24S. The molecule has 0 aliphatic carbocycles. The summed E-state index contributed by atoms with van der Waals surface area (Å²) in [5.74, 6) is 0. The summed E-state index contributed by atoms with van der Waals surface area (Å²) in [6, 6.07) is 0. The summed E-state index contributed by atoms with van der Waals surface area (Å²) in [7, 11) is 0. The second kappa shape index (κ2) is 7.72. The Morgan fingerprint density at radius 1 is 1.08 bits per heavy atom. The van der Waals surface area contributed by atoms with Crippen LogP contribution in [-0.2, 0) is 0 Å². The molecule has 0 nitrogen and oxygen atoms in total. The smallest absolute Gasteiger partial charge is 0.00490 e. The van der Waals surface area contributed by atoms with E-state index >= 15 is 0 Å². The van der Waals surface area contributed by atoms with Gasteiger partial charge in [-0.3, -0.25) is 0 Å². The van der Waals surface area contributed by atoms with Gasteiger partial charge < -0.3 is 0 Å². The number of thiocarbonyl (C=S) groups is 1. The zero-order valence-electron chi connectivity index (χ0n) is 9.53. The van der Waals surface area contributed by atoms with Crippen molar-refractivity contribution in [1.82, 2.24) is 0 Å². The van der Waals surface area contributed by atoms with Crippen molar-refractivity contribution in [3.05, 3.63) is 0 Å². The molecule has 0 radical (unpaired) electrons. The third-order valence-corrected chi connectivity index (χ3v) is 2.38. The van der Waals surface area contributed by atoms with Gasteiger partial charge in [-0.2, -0.15) is 0 Å². The largest absolute Gasteiger partial charge is 0.0894 e. The summed E-state index contributed by atoms with van der Waals surface area (Å²) in [4.78, 5) is 1.08. The summed E-state index contributed by atoms with van der Waals surface area (Å²) < 4.78 is 0. The van der Waals surface area contributed by atoms with E-state index in [0.29, 0.717) is 0 Å². The van der Waals surface area contributed by atoms with Crippen LogP contribution in [-0.4, -0.2) is 4.86 Å². The van der Waals surface area contributed by atoms with Crippen LogP contribution in [0.5, 0.6) is 0 Å². The van der Waals surface area contributed by atoms with E-state index in [0.717, 1.165) is 4.86 Å². The van der Waals surface area contributed by atoms with Gasteiger partial charge in [0.1, 0.15) is 0 Å². The van der Waals surface area contributed by atoms with Crippen molar-refractivity contribution in [3.8, 4) is 0 Å². The molecule has 0 unspecified atom stereocenters. The minimum atomic E-state index is 0.231. The minimum absolute atomic E-state index is 0.231. The first kappa shape index (κ1) is 14.6. The van der Waals surface area contributed by atoms with Crippen LogP contribution in [0.25, 0.3) is 0 Å². The normalized spacial score (nSPS) is 10.2. The highest BCUT2D eigenvalue weighted by atomic mass is 32.1. The Kier molecular flexibility index (Phi) is 9.40. The van der Waals surface area contributed by atoms with Crippen LogP contribution in [0.15, 0.2) is 0 Å². The molecule has 0 aromatic carbocycles. The molecule has 0 fully saturated rings. The van der Waals surface area contributed by atoms with E-state index in [1.807, 2.05) is 6.92 Å². The lowest BCUT2D eigenvalue weighted by molar-refractivity contribution is 0.598. The number of hydrogen-bond donors (Lipinski definition) is 0. The monoisotopic (exact) mass is 188 g/mol. The Morgan fingerprint density at radius 2 is 1.33 bits per heavy atom. The minimum Gasteiger partial charge on any atom is -0.0894 e. The highest BCUT2D eigenvalue weighted by Gasteiger charge is 2.10. The van der Waals surface area contributed by atoms with Crippen molar-refractivity contribution < 1.29 is 0 Å². The van der Waals surface area contributed by atoms with Crippen molar-refractivity contribution in [1.29, 1.82) is 0 Å². The Bertz CT molecular complexity index is 107. The molecule has 0 aliphatic heterocycles. The van der Waals surface area contributed by atoms with E-state index in [1.165, 1.54) is 19.3 Å². The maximum atomic E-state index is 4.93. The Labute approximate surface area is 83.8 Å². The lowest BCUT2D eigenvalue weighted by Gasteiger charge is -2.14. The van der Waals surface area contributed by atoms with Gasteiger partial charge in [0.25, 0.3) is 0 Å². The van der Waals surface area contributed by atoms with Gasteiger partial charge in [-0.15, -0.1) is 0 Å². The van der Waals surface area contributed by atoms with E-state index in [4.69, 9.17) is 12.2 Å². The standard InChI is InChI=1S/C6H12S.C5H12/c1-5(7)6(2,3)4;1-3-5-4-2/h1-4H3;3-5H2,1-2H3. The van der Waals surface area contributed by atoms with E-state index in [1.54, 1.807) is 0 Å². The molecule has 0 heterocycles. The second-order valence-corrected chi connectivity index (χ2v) is 4.77. The highest BCUT2D eigenvalue weighted by Crippen LogP contribution is 2.14. The summed E-state index contributed by atoms with van der Waals surface area (Å²) in [5.41, 5.74) is 0.231. The maximum Gasteiger partial charge on any atom is -0.00490 e. The van der Waals surface area contributed by atoms with Gasteiger partial charge in [0, 0.05) is 0 Å². The van der Waals surface area contributed by atoms with Crippen molar-refractivity contribution in [2.24, 2.45) is 5.41 Å². The molecule has 0 aromatic heterocycles. The van der Waals surface area contributed by atoms with E-state index in [9.17, 15) is 0 Å². The molecule has 0 bridgehead atoms. The van der Waals surface area contributed by atoms with Gasteiger partial charge in [0.15, 0.2) is 0 Å². The van der Waals surface area contributed by atoms with Crippen LogP contribution in [0.3, 0.4) is 0 Å². The summed E-state index contributed by atoms with van der Waals surface area (Å²) in [5, 5.41) is 0. The van der Waals surface area contributed by atoms with Gasteiger partial charge >= 0.3 is 0 Å². The molecule has 0 saturated heterocycles. The van der Waals surface area contributed by atoms with Gasteiger partial charge in [0.05, 0.1) is 0 Å². The molecule has 0 atom stereocenters. The SMILES string of the molecule is CC(=S)C(C)(C)C.CCCCC. The van der Waals surface area contributed by atoms with E-state index < -0.39 is 0 Å². The molecule has 0 aliphatic rings. The number of hydrogen-bond acceptors (Lipinski definition) is 1. The predicted molar refractivity (Wildman–Crippen MR) is 62.9 cm³/mol. The van der Waals surface area contributed by atoms with Crippen LogP contribution >= 0.6 is 12.2 Å². The Hall–Kier alpha value is 0.0900. The van der Waals surface area contributed by atoms with Crippen molar-refractivity contribution in [3.63, 3.8) is 0 Å². The Morgan fingerprint density at radius 3 is 1.33 bits per heavy atom. The average Bonchev–Trinajstić information content (AvgIpc) is 1.88. The quantitative estimate of drug-likeness (QED) is 0.570. The molecule has 0 N–H and O–H groups in total. The highest BCUT2D eigenvalue weighted by molar-refractivity contribution is 7.80. The van der Waals surface area contributed by atoms with Gasteiger partial charge in [-0.25, -0.2) is 0 Å². The van der Waals surface area contributed by atoms with Crippen molar-refractivity contribution >= 4 is 17.1 Å². The first-order valence-corrected chi connectivity index (χ1v) is 5.28. The first-order chi connectivity index (χ1) is 5.36.